The van der Waals surface area contributed by atoms with Crippen LogP contribution in [0.4, 0.5) is 0 Å². The van der Waals surface area contributed by atoms with Crippen LogP contribution >= 0.6 is 0 Å². The first-order chi connectivity index (χ1) is 10.3. The maximum absolute atomic E-state index is 12.1. The zero-order valence-electron chi connectivity index (χ0n) is 12.6. The Morgan fingerprint density at radius 1 is 1.32 bits per heavy atom. The number of rotatable bonds is 6. The summed E-state index contributed by atoms with van der Waals surface area (Å²) < 4.78 is 24.2. The molecule has 0 saturated heterocycles. The Morgan fingerprint density at radius 3 is 2.55 bits per heavy atom. The number of nitrogens with one attached hydrogen (secondary N) is 1. The topological polar surface area (TPSA) is 81.1 Å². The van der Waals surface area contributed by atoms with E-state index in [2.05, 4.69) is 10.4 Å². The van der Waals surface area contributed by atoms with Gasteiger partial charge in [-0.25, -0.2) is 8.42 Å². The second-order valence-corrected chi connectivity index (χ2v) is 7.51. The standard InChI is InChI=1S/C15H19N3O3S/c1-12(10-18-9-3-8-16-18)17-15(19)14-6-4-13(5-7-14)11-22(2,20)21/h3-9,12H,10-11H2,1-2H3,(H,17,19)/t12-/m1/s1. The molecule has 7 heteroatoms. The minimum atomic E-state index is -3.07. The SMILES string of the molecule is C[C@H](Cn1cccn1)NC(=O)c1ccc(CS(C)(=O)=O)cc1. The smallest absolute Gasteiger partial charge is 0.251 e. The van der Waals surface area contributed by atoms with E-state index in [0.29, 0.717) is 17.7 Å². The molecule has 1 aromatic heterocycles. The third-order valence-corrected chi connectivity index (χ3v) is 3.90. The summed E-state index contributed by atoms with van der Waals surface area (Å²) >= 11 is 0. The van der Waals surface area contributed by atoms with E-state index in [4.69, 9.17) is 0 Å². The Balaban J connectivity index is 1.94. The number of carbonyl (C=O) groups excluding carboxylic acids is 1. The fourth-order valence-electron chi connectivity index (χ4n) is 2.10. The Kier molecular flexibility index (Phi) is 4.97. The molecule has 2 rings (SSSR count). The molecule has 1 heterocycles. The lowest BCUT2D eigenvalue weighted by molar-refractivity contribution is 0.0936. The van der Waals surface area contributed by atoms with Crippen molar-refractivity contribution in [3.8, 4) is 0 Å². The first kappa shape index (κ1) is 16.2. The van der Waals surface area contributed by atoms with E-state index in [-0.39, 0.29) is 17.7 Å². The lowest BCUT2D eigenvalue weighted by Gasteiger charge is -2.14. The van der Waals surface area contributed by atoms with Gasteiger partial charge in [0.1, 0.15) is 0 Å². The highest BCUT2D eigenvalue weighted by atomic mass is 32.2. The van der Waals surface area contributed by atoms with E-state index < -0.39 is 9.84 Å². The van der Waals surface area contributed by atoms with Crippen LogP contribution in [0.2, 0.25) is 0 Å². The second kappa shape index (κ2) is 6.74. The summed E-state index contributed by atoms with van der Waals surface area (Å²) in [7, 11) is -3.07. The molecule has 1 aromatic carbocycles. The van der Waals surface area contributed by atoms with Crippen molar-refractivity contribution in [2.75, 3.05) is 6.26 Å². The van der Waals surface area contributed by atoms with Crippen molar-refractivity contribution in [2.24, 2.45) is 0 Å². The zero-order valence-corrected chi connectivity index (χ0v) is 13.4. The Bertz CT molecular complexity index is 722. The van der Waals surface area contributed by atoms with Gasteiger partial charge in [0.05, 0.1) is 12.3 Å². The van der Waals surface area contributed by atoms with E-state index in [1.807, 2.05) is 19.2 Å². The molecule has 0 bridgehead atoms. The van der Waals surface area contributed by atoms with Gasteiger partial charge in [0, 0.05) is 30.3 Å². The lowest BCUT2D eigenvalue weighted by Crippen LogP contribution is -2.35. The van der Waals surface area contributed by atoms with E-state index in [9.17, 15) is 13.2 Å². The first-order valence-electron chi connectivity index (χ1n) is 6.88. The van der Waals surface area contributed by atoms with E-state index in [0.717, 1.165) is 0 Å². The Labute approximate surface area is 130 Å². The average molecular weight is 321 g/mol. The normalized spacial score (nSPS) is 12.8. The summed E-state index contributed by atoms with van der Waals surface area (Å²) in [5.41, 5.74) is 1.17. The van der Waals surface area contributed by atoms with Gasteiger partial charge in [-0.3, -0.25) is 9.48 Å². The van der Waals surface area contributed by atoms with Crippen molar-refractivity contribution in [3.63, 3.8) is 0 Å². The number of carbonyl (C=O) groups is 1. The van der Waals surface area contributed by atoms with Crippen molar-refractivity contribution < 1.29 is 13.2 Å². The second-order valence-electron chi connectivity index (χ2n) is 5.37. The maximum atomic E-state index is 12.1. The van der Waals surface area contributed by atoms with Crippen LogP contribution in [0.15, 0.2) is 42.7 Å². The predicted molar refractivity (Wildman–Crippen MR) is 84.1 cm³/mol. The molecule has 118 valence electrons. The first-order valence-corrected chi connectivity index (χ1v) is 8.94. The molecule has 2 aromatic rings. The zero-order chi connectivity index (χ0) is 16.2. The fourth-order valence-corrected chi connectivity index (χ4v) is 2.89. The minimum absolute atomic E-state index is 0.0232. The van der Waals surface area contributed by atoms with Gasteiger partial charge >= 0.3 is 0 Å². The highest BCUT2D eigenvalue weighted by molar-refractivity contribution is 7.89. The number of amides is 1. The number of hydrogen-bond donors (Lipinski definition) is 1. The van der Waals surface area contributed by atoms with Crippen LogP contribution in [0.5, 0.6) is 0 Å². The summed E-state index contributed by atoms with van der Waals surface area (Å²) in [5.74, 6) is -0.213. The van der Waals surface area contributed by atoms with Gasteiger partial charge in [-0.15, -0.1) is 0 Å². The van der Waals surface area contributed by atoms with Crippen LogP contribution in [-0.4, -0.2) is 36.4 Å². The third-order valence-electron chi connectivity index (χ3n) is 3.04. The molecule has 0 saturated carbocycles. The minimum Gasteiger partial charge on any atom is -0.348 e. The van der Waals surface area contributed by atoms with E-state index >= 15 is 0 Å². The van der Waals surface area contributed by atoms with Crippen LogP contribution in [0.25, 0.3) is 0 Å². The lowest BCUT2D eigenvalue weighted by atomic mass is 10.1. The van der Waals surface area contributed by atoms with Gasteiger partial charge < -0.3 is 5.32 Å². The number of nitrogens with zero attached hydrogens (tertiary/aromatic N) is 2. The van der Waals surface area contributed by atoms with Crippen molar-refractivity contribution in [3.05, 3.63) is 53.9 Å². The average Bonchev–Trinajstić information content (AvgIpc) is 2.90. The van der Waals surface area contributed by atoms with Crippen LogP contribution in [0, 0.1) is 0 Å². The molecule has 1 N–H and O–H groups in total. The van der Waals surface area contributed by atoms with Gasteiger partial charge in [0.2, 0.25) is 0 Å². The number of benzene rings is 1. The Hall–Kier alpha value is -2.15. The molecule has 1 atom stereocenters. The number of hydrogen-bond acceptors (Lipinski definition) is 4. The van der Waals surface area contributed by atoms with E-state index in [1.54, 1.807) is 35.1 Å². The number of aromatic nitrogens is 2. The molecule has 0 aliphatic heterocycles. The molecule has 1 amide bonds. The molecule has 0 spiro atoms. The van der Waals surface area contributed by atoms with Gasteiger partial charge in [-0.2, -0.15) is 5.10 Å². The van der Waals surface area contributed by atoms with Crippen molar-refractivity contribution in [2.45, 2.75) is 25.3 Å². The van der Waals surface area contributed by atoms with Gasteiger partial charge in [-0.05, 0) is 30.7 Å². The van der Waals surface area contributed by atoms with Crippen LogP contribution in [0.1, 0.15) is 22.8 Å². The summed E-state index contributed by atoms with van der Waals surface area (Å²) in [6, 6.07) is 8.35. The largest absolute Gasteiger partial charge is 0.348 e. The molecule has 0 radical (unpaired) electrons. The summed E-state index contributed by atoms with van der Waals surface area (Å²) in [4.78, 5) is 12.1. The van der Waals surface area contributed by atoms with Gasteiger partial charge in [-0.1, -0.05) is 12.1 Å². The monoisotopic (exact) mass is 321 g/mol. The summed E-state index contributed by atoms with van der Waals surface area (Å²) in [5, 5.41) is 6.97. The molecular weight excluding hydrogens is 302 g/mol. The maximum Gasteiger partial charge on any atom is 0.251 e. The molecule has 0 fully saturated rings. The van der Waals surface area contributed by atoms with Gasteiger partial charge in [0.25, 0.3) is 5.91 Å². The van der Waals surface area contributed by atoms with Gasteiger partial charge in [0.15, 0.2) is 9.84 Å². The molecular formula is C15H19N3O3S. The van der Waals surface area contributed by atoms with Crippen molar-refractivity contribution in [1.29, 1.82) is 0 Å². The third kappa shape index (κ3) is 5.00. The molecule has 0 aliphatic rings. The quantitative estimate of drug-likeness (QED) is 0.868. The fraction of sp³-hybridized carbons (Fsp3) is 0.333. The van der Waals surface area contributed by atoms with Crippen molar-refractivity contribution in [1.82, 2.24) is 15.1 Å². The van der Waals surface area contributed by atoms with Crippen LogP contribution < -0.4 is 5.32 Å². The highest BCUT2D eigenvalue weighted by Gasteiger charge is 2.11. The van der Waals surface area contributed by atoms with Crippen LogP contribution in [0.3, 0.4) is 0 Å². The highest BCUT2D eigenvalue weighted by Crippen LogP contribution is 2.08. The molecule has 0 unspecified atom stereocenters. The molecule has 6 nitrogen and oxygen atoms in total. The van der Waals surface area contributed by atoms with E-state index in [1.165, 1.54) is 6.26 Å². The van der Waals surface area contributed by atoms with Crippen LogP contribution in [-0.2, 0) is 22.1 Å². The number of sulfone groups is 1. The molecule has 0 aliphatic carbocycles. The van der Waals surface area contributed by atoms with Crippen molar-refractivity contribution >= 4 is 15.7 Å². The summed E-state index contributed by atoms with van der Waals surface area (Å²) in [6.07, 6.45) is 4.71. The Morgan fingerprint density at radius 2 is 2.00 bits per heavy atom. The molecule has 22 heavy (non-hydrogen) atoms. The summed E-state index contributed by atoms with van der Waals surface area (Å²) in [6.45, 7) is 2.49. The predicted octanol–water partition coefficient (Wildman–Crippen LogP) is 1.25.